The van der Waals surface area contributed by atoms with Crippen LogP contribution in [0.5, 0.6) is 5.75 Å². The van der Waals surface area contributed by atoms with Gasteiger partial charge in [-0.2, -0.15) is 0 Å². The maximum absolute atomic E-state index is 12.3. The van der Waals surface area contributed by atoms with E-state index in [1.54, 1.807) is 19.3 Å². The minimum absolute atomic E-state index is 0.0841. The van der Waals surface area contributed by atoms with Crippen LogP contribution < -0.4 is 10.4 Å². The SMILES string of the molecule is C=CC(C)(C)c1cc2cc(C[C@@H]3OC3(C)C)c(OC)cc2oc1=O. The Morgan fingerprint density at radius 1 is 1.33 bits per heavy atom. The van der Waals surface area contributed by atoms with Gasteiger partial charge in [0.05, 0.1) is 18.8 Å². The van der Waals surface area contributed by atoms with E-state index in [0.717, 1.165) is 17.4 Å². The molecular formula is C20H24O4. The fourth-order valence-electron chi connectivity index (χ4n) is 2.92. The van der Waals surface area contributed by atoms with Crippen LogP contribution in [0.3, 0.4) is 0 Å². The van der Waals surface area contributed by atoms with Gasteiger partial charge in [0.25, 0.3) is 0 Å². The van der Waals surface area contributed by atoms with Crippen LogP contribution in [0.2, 0.25) is 0 Å². The molecule has 1 aliphatic heterocycles. The highest BCUT2D eigenvalue weighted by Crippen LogP contribution is 2.40. The van der Waals surface area contributed by atoms with Gasteiger partial charge >= 0.3 is 5.63 Å². The normalized spacial score (nSPS) is 19.3. The smallest absolute Gasteiger partial charge is 0.340 e. The third-order valence-electron chi connectivity index (χ3n) is 4.91. The fourth-order valence-corrected chi connectivity index (χ4v) is 2.92. The molecular weight excluding hydrogens is 304 g/mol. The molecule has 0 amide bonds. The molecule has 0 unspecified atom stereocenters. The Labute approximate surface area is 142 Å². The zero-order chi connectivity index (χ0) is 17.7. The lowest BCUT2D eigenvalue weighted by molar-refractivity contribution is 0.322. The number of hydrogen-bond acceptors (Lipinski definition) is 4. The zero-order valence-corrected chi connectivity index (χ0v) is 14.9. The Morgan fingerprint density at radius 3 is 2.54 bits per heavy atom. The van der Waals surface area contributed by atoms with Gasteiger partial charge in [0.1, 0.15) is 11.3 Å². The highest BCUT2D eigenvalue weighted by Gasteiger charge is 2.47. The monoisotopic (exact) mass is 328 g/mol. The molecule has 3 rings (SSSR count). The second kappa shape index (κ2) is 5.49. The predicted octanol–water partition coefficient (Wildman–Crippen LogP) is 3.99. The van der Waals surface area contributed by atoms with Crippen LogP contribution in [0.15, 0.2) is 40.1 Å². The van der Waals surface area contributed by atoms with Crippen LogP contribution in [0, 0.1) is 0 Å². The third kappa shape index (κ3) is 2.86. The minimum Gasteiger partial charge on any atom is -0.496 e. The molecule has 0 N–H and O–H groups in total. The van der Waals surface area contributed by atoms with Gasteiger partial charge in [-0.25, -0.2) is 4.79 Å². The number of hydrogen-bond donors (Lipinski definition) is 0. The first-order valence-corrected chi connectivity index (χ1v) is 8.14. The maximum atomic E-state index is 12.3. The highest BCUT2D eigenvalue weighted by molar-refractivity contribution is 5.80. The van der Waals surface area contributed by atoms with E-state index < -0.39 is 5.41 Å². The quantitative estimate of drug-likeness (QED) is 0.473. The summed E-state index contributed by atoms with van der Waals surface area (Å²) in [5.74, 6) is 0.715. The van der Waals surface area contributed by atoms with Crippen molar-refractivity contribution in [3.05, 3.63) is 52.4 Å². The summed E-state index contributed by atoms with van der Waals surface area (Å²) >= 11 is 0. The first kappa shape index (κ1) is 16.8. The van der Waals surface area contributed by atoms with Gasteiger partial charge in [-0.1, -0.05) is 19.9 Å². The Bertz CT molecular complexity index is 858. The van der Waals surface area contributed by atoms with Crippen molar-refractivity contribution in [3.63, 3.8) is 0 Å². The van der Waals surface area contributed by atoms with E-state index in [2.05, 4.69) is 20.4 Å². The van der Waals surface area contributed by atoms with Crippen molar-refractivity contribution in [2.45, 2.75) is 51.2 Å². The molecule has 1 fully saturated rings. The summed E-state index contributed by atoms with van der Waals surface area (Å²) in [4.78, 5) is 12.3. The minimum atomic E-state index is -0.448. The molecule has 1 aliphatic rings. The summed E-state index contributed by atoms with van der Waals surface area (Å²) < 4.78 is 16.7. The average Bonchev–Trinajstić information content (AvgIpc) is 3.12. The molecule has 0 aliphatic carbocycles. The molecule has 1 aromatic heterocycles. The summed E-state index contributed by atoms with van der Waals surface area (Å²) in [6, 6.07) is 5.70. The van der Waals surface area contributed by atoms with Crippen LogP contribution in [0.4, 0.5) is 0 Å². The van der Waals surface area contributed by atoms with Gasteiger partial charge < -0.3 is 13.9 Å². The van der Waals surface area contributed by atoms with Crippen molar-refractivity contribution in [1.29, 1.82) is 0 Å². The zero-order valence-electron chi connectivity index (χ0n) is 14.9. The summed E-state index contributed by atoms with van der Waals surface area (Å²) in [7, 11) is 1.62. The van der Waals surface area contributed by atoms with E-state index in [4.69, 9.17) is 13.9 Å². The summed E-state index contributed by atoms with van der Waals surface area (Å²) in [6.07, 6.45) is 2.71. The molecule has 2 aromatic rings. The van der Waals surface area contributed by atoms with E-state index in [1.165, 1.54) is 0 Å². The lowest BCUT2D eigenvalue weighted by Gasteiger charge is -2.19. The van der Waals surface area contributed by atoms with Gasteiger partial charge in [-0.3, -0.25) is 0 Å². The number of methoxy groups -OCH3 is 1. The number of ether oxygens (including phenoxy) is 2. The van der Waals surface area contributed by atoms with Gasteiger partial charge in [0.2, 0.25) is 0 Å². The van der Waals surface area contributed by atoms with Crippen LogP contribution in [0.1, 0.15) is 38.8 Å². The number of benzene rings is 1. The second-order valence-corrected chi connectivity index (χ2v) is 7.49. The lowest BCUT2D eigenvalue weighted by Crippen LogP contribution is -2.22. The molecule has 24 heavy (non-hydrogen) atoms. The summed E-state index contributed by atoms with van der Waals surface area (Å²) in [6.45, 7) is 11.9. The number of rotatable bonds is 5. The first-order valence-electron chi connectivity index (χ1n) is 8.14. The van der Waals surface area contributed by atoms with Gasteiger partial charge in [0.15, 0.2) is 0 Å². The Hall–Kier alpha value is -2.07. The molecule has 4 nitrogen and oxygen atoms in total. The van der Waals surface area contributed by atoms with Crippen LogP contribution in [-0.4, -0.2) is 18.8 Å². The highest BCUT2D eigenvalue weighted by atomic mass is 16.6. The van der Waals surface area contributed by atoms with Crippen LogP contribution in [-0.2, 0) is 16.6 Å². The predicted molar refractivity (Wildman–Crippen MR) is 94.9 cm³/mol. The molecule has 4 heteroatoms. The lowest BCUT2D eigenvalue weighted by atomic mass is 9.85. The first-order chi connectivity index (χ1) is 11.2. The Balaban J connectivity index is 2.11. The number of epoxide rings is 1. The van der Waals surface area contributed by atoms with Gasteiger partial charge in [0, 0.05) is 28.9 Å². The summed E-state index contributed by atoms with van der Waals surface area (Å²) in [5, 5.41) is 0.883. The Kier molecular flexibility index (Phi) is 3.83. The number of allylic oxidation sites excluding steroid dienone is 1. The van der Waals surface area contributed by atoms with E-state index in [-0.39, 0.29) is 17.3 Å². The van der Waals surface area contributed by atoms with Crippen LogP contribution in [0.25, 0.3) is 11.0 Å². The van der Waals surface area contributed by atoms with Crippen molar-refractivity contribution in [3.8, 4) is 5.75 Å². The largest absolute Gasteiger partial charge is 0.496 e. The molecule has 0 radical (unpaired) electrons. The molecule has 2 heterocycles. The number of fused-ring (bicyclic) bond motifs is 1. The van der Waals surface area contributed by atoms with Crippen LogP contribution >= 0.6 is 0 Å². The van der Waals surface area contributed by atoms with Crippen molar-refractivity contribution in [2.75, 3.05) is 7.11 Å². The summed E-state index contributed by atoms with van der Waals surface area (Å²) in [5.41, 5.74) is 1.31. The van der Waals surface area contributed by atoms with Crippen molar-refractivity contribution in [2.24, 2.45) is 0 Å². The van der Waals surface area contributed by atoms with E-state index in [1.807, 2.05) is 26.0 Å². The molecule has 0 saturated carbocycles. The second-order valence-electron chi connectivity index (χ2n) is 7.49. The molecule has 0 spiro atoms. The molecule has 1 aromatic carbocycles. The van der Waals surface area contributed by atoms with Crippen molar-refractivity contribution < 1.29 is 13.9 Å². The van der Waals surface area contributed by atoms with E-state index in [0.29, 0.717) is 16.9 Å². The standard InChI is InChI=1S/C20H24O4/c1-7-19(2,3)14-9-12-8-13(10-17-20(4,5)24-17)15(22-6)11-16(12)23-18(14)21/h7-9,11,17H,1,10H2,2-6H3/t17-/m0/s1. The molecule has 128 valence electrons. The van der Waals surface area contributed by atoms with Gasteiger partial charge in [-0.05, 0) is 31.5 Å². The Morgan fingerprint density at radius 2 is 2.00 bits per heavy atom. The van der Waals surface area contributed by atoms with Crippen molar-refractivity contribution >= 4 is 11.0 Å². The van der Waals surface area contributed by atoms with Gasteiger partial charge in [-0.15, -0.1) is 6.58 Å². The van der Waals surface area contributed by atoms with E-state index >= 15 is 0 Å². The maximum Gasteiger partial charge on any atom is 0.340 e. The fraction of sp³-hybridized carbons (Fsp3) is 0.450. The molecule has 1 saturated heterocycles. The average molecular weight is 328 g/mol. The van der Waals surface area contributed by atoms with E-state index in [9.17, 15) is 4.79 Å². The molecule has 0 bridgehead atoms. The third-order valence-corrected chi connectivity index (χ3v) is 4.91. The van der Waals surface area contributed by atoms with Crippen molar-refractivity contribution in [1.82, 2.24) is 0 Å². The topological polar surface area (TPSA) is 52.0 Å². The molecule has 1 atom stereocenters.